The predicted octanol–water partition coefficient (Wildman–Crippen LogP) is 3.43. The Labute approximate surface area is 185 Å². The fourth-order valence-corrected chi connectivity index (χ4v) is 5.67. The van der Waals surface area contributed by atoms with Crippen molar-refractivity contribution in [3.63, 3.8) is 0 Å². The van der Waals surface area contributed by atoms with Crippen LogP contribution in [0.5, 0.6) is 0 Å². The molecule has 0 radical (unpaired) electrons. The Kier molecular flexibility index (Phi) is 5.95. The van der Waals surface area contributed by atoms with Crippen LogP contribution >= 0.6 is 11.3 Å². The van der Waals surface area contributed by atoms with Crippen LogP contribution in [0.1, 0.15) is 28.8 Å². The minimum absolute atomic E-state index is 0.116. The molecule has 1 atom stereocenters. The molecule has 1 unspecified atom stereocenters. The van der Waals surface area contributed by atoms with Gasteiger partial charge in [0.2, 0.25) is 0 Å². The van der Waals surface area contributed by atoms with Crippen molar-refractivity contribution in [1.29, 1.82) is 0 Å². The second kappa shape index (κ2) is 9.16. The molecule has 3 heterocycles. The first kappa shape index (κ1) is 20.2. The molecular weight excluding hydrogens is 406 g/mol. The van der Waals surface area contributed by atoms with E-state index in [2.05, 4.69) is 32.0 Å². The number of imidazole rings is 1. The van der Waals surface area contributed by atoms with Gasteiger partial charge in [-0.05, 0) is 49.8 Å². The zero-order valence-corrected chi connectivity index (χ0v) is 18.4. The molecule has 0 saturated heterocycles. The Hall–Kier alpha value is -2.77. The third kappa shape index (κ3) is 4.48. The molecule has 160 valence electrons. The molecule has 0 spiro atoms. The van der Waals surface area contributed by atoms with Crippen LogP contribution in [0.2, 0.25) is 0 Å². The number of rotatable bonds is 8. The fourth-order valence-electron chi connectivity index (χ4n) is 4.42. The van der Waals surface area contributed by atoms with Gasteiger partial charge in [-0.2, -0.15) is 0 Å². The van der Waals surface area contributed by atoms with E-state index in [0.717, 1.165) is 55.4 Å². The van der Waals surface area contributed by atoms with E-state index in [1.165, 1.54) is 16.0 Å². The average molecular weight is 434 g/mol. The van der Waals surface area contributed by atoms with E-state index in [0.29, 0.717) is 12.6 Å². The van der Waals surface area contributed by atoms with E-state index >= 15 is 0 Å². The lowest BCUT2D eigenvalue weighted by Crippen LogP contribution is -2.35. The lowest BCUT2D eigenvalue weighted by atomic mass is 9.93. The van der Waals surface area contributed by atoms with Crippen LogP contribution in [-0.2, 0) is 32.4 Å². The van der Waals surface area contributed by atoms with Crippen molar-refractivity contribution >= 4 is 21.6 Å². The van der Waals surface area contributed by atoms with Gasteiger partial charge in [0.1, 0.15) is 4.83 Å². The van der Waals surface area contributed by atoms with Crippen LogP contribution in [0.4, 0.5) is 0 Å². The summed E-state index contributed by atoms with van der Waals surface area (Å²) in [5.41, 5.74) is 2.59. The van der Waals surface area contributed by atoms with Crippen molar-refractivity contribution in [3.8, 4) is 0 Å². The van der Waals surface area contributed by atoms with E-state index in [1.54, 1.807) is 22.2 Å². The molecular formula is C24H27N5OS. The number of hydrogen-bond donors (Lipinski definition) is 1. The van der Waals surface area contributed by atoms with Crippen LogP contribution in [0, 0.1) is 0 Å². The van der Waals surface area contributed by atoms with Crippen LogP contribution in [0.25, 0.3) is 10.2 Å². The SMILES string of the molecule is O=c1c2c3c(sc2ncn1CCc1ccccc1)CC(NCCCn1ccnc1)CC3. The average Bonchev–Trinajstić information content (AvgIpc) is 3.44. The maximum absolute atomic E-state index is 13.2. The molecule has 1 aliphatic carbocycles. The first-order valence-electron chi connectivity index (χ1n) is 11.0. The quantitative estimate of drug-likeness (QED) is 0.433. The molecule has 6 nitrogen and oxygen atoms in total. The largest absolute Gasteiger partial charge is 0.337 e. The Morgan fingerprint density at radius 3 is 2.90 bits per heavy atom. The van der Waals surface area contributed by atoms with E-state index in [1.807, 2.05) is 36.9 Å². The van der Waals surface area contributed by atoms with Gasteiger partial charge >= 0.3 is 0 Å². The number of hydrogen-bond acceptors (Lipinski definition) is 5. The highest BCUT2D eigenvalue weighted by Gasteiger charge is 2.24. The zero-order chi connectivity index (χ0) is 21.0. The van der Waals surface area contributed by atoms with Crippen molar-refractivity contribution in [1.82, 2.24) is 24.4 Å². The number of nitrogens with one attached hydrogen (secondary N) is 1. The Balaban J connectivity index is 1.24. The monoisotopic (exact) mass is 433 g/mol. The number of thiophene rings is 1. The molecule has 1 N–H and O–H groups in total. The summed E-state index contributed by atoms with van der Waals surface area (Å²) < 4.78 is 3.89. The topological polar surface area (TPSA) is 64.7 Å². The summed E-state index contributed by atoms with van der Waals surface area (Å²) in [5.74, 6) is 0. The summed E-state index contributed by atoms with van der Waals surface area (Å²) in [5, 5.41) is 4.56. The fraction of sp³-hybridized carbons (Fsp3) is 0.375. The van der Waals surface area contributed by atoms with Gasteiger partial charge in [-0.25, -0.2) is 9.97 Å². The summed E-state index contributed by atoms with van der Waals surface area (Å²) in [7, 11) is 0. The molecule has 4 aromatic rings. The van der Waals surface area contributed by atoms with Gasteiger partial charge in [0.15, 0.2) is 0 Å². The molecule has 0 amide bonds. The van der Waals surface area contributed by atoms with Gasteiger partial charge in [-0.3, -0.25) is 9.36 Å². The lowest BCUT2D eigenvalue weighted by molar-refractivity contribution is 0.449. The summed E-state index contributed by atoms with van der Waals surface area (Å²) in [6.45, 7) is 2.64. The number of benzene rings is 1. The van der Waals surface area contributed by atoms with Crippen molar-refractivity contribution in [2.75, 3.05) is 6.54 Å². The minimum atomic E-state index is 0.116. The number of aryl methyl sites for hydroxylation is 4. The summed E-state index contributed by atoms with van der Waals surface area (Å²) in [6, 6.07) is 10.8. The third-order valence-electron chi connectivity index (χ3n) is 6.11. The van der Waals surface area contributed by atoms with E-state index in [4.69, 9.17) is 0 Å². The van der Waals surface area contributed by atoms with Gasteiger partial charge in [-0.15, -0.1) is 11.3 Å². The summed E-state index contributed by atoms with van der Waals surface area (Å²) >= 11 is 1.70. The van der Waals surface area contributed by atoms with E-state index in [-0.39, 0.29) is 5.56 Å². The minimum Gasteiger partial charge on any atom is -0.337 e. The Morgan fingerprint density at radius 2 is 2.06 bits per heavy atom. The Morgan fingerprint density at radius 1 is 1.16 bits per heavy atom. The molecule has 1 aliphatic rings. The van der Waals surface area contributed by atoms with Crippen LogP contribution in [-0.4, -0.2) is 31.7 Å². The van der Waals surface area contributed by atoms with Crippen molar-refractivity contribution in [2.24, 2.45) is 0 Å². The molecule has 0 fully saturated rings. The third-order valence-corrected chi connectivity index (χ3v) is 7.27. The van der Waals surface area contributed by atoms with Gasteiger partial charge in [0.05, 0.1) is 18.0 Å². The highest BCUT2D eigenvalue weighted by atomic mass is 32.1. The van der Waals surface area contributed by atoms with Crippen molar-refractivity contribution < 1.29 is 0 Å². The molecule has 1 aromatic carbocycles. The molecule has 31 heavy (non-hydrogen) atoms. The van der Waals surface area contributed by atoms with Gasteiger partial charge in [-0.1, -0.05) is 30.3 Å². The molecule has 3 aromatic heterocycles. The normalized spacial score (nSPS) is 15.9. The number of fused-ring (bicyclic) bond motifs is 3. The number of nitrogens with zero attached hydrogens (tertiary/aromatic N) is 4. The predicted molar refractivity (Wildman–Crippen MR) is 125 cm³/mol. The summed E-state index contributed by atoms with van der Waals surface area (Å²) in [6.07, 6.45) is 12.3. The molecule has 0 aliphatic heterocycles. The summed E-state index contributed by atoms with van der Waals surface area (Å²) in [4.78, 5) is 24.1. The maximum Gasteiger partial charge on any atom is 0.262 e. The second-order valence-corrected chi connectivity index (χ2v) is 9.29. The smallest absolute Gasteiger partial charge is 0.262 e. The first-order chi connectivity index (χ1) is 15.3. The second-order valence-electron chi connectivity index (χ2n) is 8.21. The lowest BCUT2D eigenvalue weighted by Gasteiger charge is -2.23. The van der Waals surface area contributed by atoms with Gasteiger partial charge in [0.25, 0.3) is 5.56 Å². The first-order valence-corrected chi connectivity index (χ1v) is 11.8. The molecule has 0 bridgehead atoms. The molecule has 7 heteroatoms. The highest BCUT2D eigenvalue weighted by molar-refractivity contribution is 7.18. The van der Waals surface area contributed by atoms with E-state index < -0.39 is 0 Å². The van der Waals surface area contributed by atoms with Crippen LogP contribution < -0.4 is 10.9 Å². The standard InChI is InChI=1S/C24H27N5OS/c30-24-22-20-8-7-19(26-10-4-12-28-14-11-25-16-28)15-21(20)31-23(22)27-17-29(24)13-9-18-5-2-1-3-6-18/h1-3,5-6,11,14,16-17,19,26H,4,7-10,12-13,15H2. The maximum atomic E-state index is 13.2. The van der Waals surface area contributed by atoms with Gasteiger partial charge in [0, 0.05) is 36.4 Å². The molecule has 5 rings (SSSR count). The van der Waals surface area contributed by atoms with Gasteiger partial charge < -0.3 is 9.88 Å². The molecule has 0 saturated carbocycles. The van der Waals surface area contributed by atoms with Crippen LogP contribution in [0.3, 0.4) is 0 Å². The van der Waals surface area contributed by atoms with Crippen molar-refractivity contribution in [2.45, 2.75) is 51.2 Å². The van der Waals surface area contributed by atoms with E-state index in [9.17, 15) is 4.79 Å². The Bertz CT molecular complexity index is 1200. The number of aromatic nitrogens is 4. The van der Waals surface area contributed by atoms with Crippen molar-refractivity contribution in [3.05, 3.63) is 81.7 Å². The highest BCUT2D eigenvalue weighted by Crippen LogP contribution is 2.33. The zero-order valence-electron chi connectivity index (χ0n) is 17.5. The van der Waals surface area contributed by atoms with Crippen LogP contribution in [0.15, 0.2) is 60.2 Å².